The molecule has 2 aromatic heterocycles. The van der Waals surface area contributed by atoms with Crippen LogP contribution in [0, 0.1) is 17.0 Å². The summed E-state index contributed by atoms with van der Waals surface area (Å²) in [7, 11) is 0. The van der Waals surface area contributed by atoms with E-state index in [-0.39, 0.29) is 17.1 Å². The van der Waals surface area contributed by atoms with Gasteiger partial charge in [-0.25, -0.2) is 9.97 Å². The maximum absolute atomic E-state index is 11.9. The number of rotatable bonds is 3. The van der Waals surface area contributed by atoms with Crippen molar-refractivity contribution < 1.29 is 9.72 Å². The molecular formula is C10H9N5O3S. The average Bonchev–Trinajstić information content (AvgIpc) is 2.74. The number of aromatic nitrogens is 2. The molecule has 1 amide bonds. The highest BCUT2D eigenvalue weighted by molar-refractivity contribution is 7.13. The summed E-state index contributed by atoms with van der Waals surface area (Å²) in [5.41, 5.74) is 5.96. The number of nitrogens with one attached hydrogen (secondary N) is 1. The SMILES string of the molecule is Cc1csc(NC(=O)c2cc([N+](=O)[O-])cnc2N)n1. The summed E-state index contributed by atoms with van der Waals surface area (Å²) < 4.78 is 0. The number of pyridine rings is 1. The first-order chi connectivity index (χ1) is 8.97. The predicted molar refractivity (Wildman–Crippen MR) is 70.1 cm³/mol. The van der Waals surface area contributed by atoms with Gasteiger partial charge in [-0.05, 0) is 6.92 Å². The van der Waals surface area contributed by atoms with E-state index in [0.29, 0.717) is 5.13 Å². The van der Waals surface area contributed by atoms with Crippen LogP contribution in [0.4, 0.5) is 16.6 Å². The first-order valence-corrected chi connectivity index (χ1v) is 5.98. The highest BCUT2D eigenvalue weighted by atomic mass is 32.1. The lowest BCUT2D eigenvalue weighted by Crippen LogP contribution is -2.15. The number of aryl methyl sites for hydroxylation is 1. The van der Waals surface area contributed by atoms with Crippen LogP contribution in [0.15, 0.2) is 17.6 Å². The fourth-order valence-corrected chi connectivity index (χ4v) is 2.01. The van der Waals surface area contributed by atoms with Crippen molar-refractivity contribution in [2.24, 2.45) is 0 Å². The van der Waals surface area contributed by atoms with Gasteiger partial charge in [0.25, 0.3) is 11.6 Å². The van der Waals surface area contributed by atoms with Gasteiger partial charge < -0.3 is 5.73 Å². The quantitative estimate of drug-likeness (QED) is 0.649. The summed E-state index contributed by atoms with van der Waals surface area (Å²) in [6.45, 7) is 1.79. The Morgan fingerprint density at radius 2 is 2.32 bits per heavy atom. The zero-order valence-corrected chi connectivity index (χ0v) is 10.6. The molecule has 0 bridgehead atoms. The van der Waals surface area contributed by atoms with Crippen molar-refractivity contribution in [1.29, 1.82) is 0 Å². The van der Waals surface area contributed by atoms with Crippen LogP contribution in [0.1, 0.15) is 16.1 Å². The number of carbonyl (C=O) groups excluding carboxylic acids is 1. The minimum absolute atomic E-state index is 0.0537. The molecule has 0 aliphatic heterocycles. The van der Waals surface area contributed by atoms with Gasteiger partial charge in [0, 0.05) is 11.4 Å². The standard InChI is InChI=1S/C10H9N5O3S/c1-5-4-19-10(13-5)14-9(16)7-2-6(15(17)18)3-12-8(7)11/h2-4H,1H3,(H2,11,12)(H,13,14,16). The van der Waals surface area contributed by atoms with Crippen LogP contribution in [0.3, 0.4) is 0 Å². The van der Waals surface area contributed by atoms with E-state index < -0.39 is 10.8 Å². The molecule has 2 rings (SSSR count). The molecule has 19 heavy (non-hydrogen) atoms. The Labute approximate surface area is 111 Å². The van der Waals surface area contributed by atoms with E-state index >= 15 is 0 Å². The van der Waals surface area contributed by atoms with E-state index in [0.717, 1.165) is 18.0 Å². The first kappa shape index (κ1) is 12.9. The Bertz CT molecular complexity index is 654. The van der Waals surface area contributed by atoms with Crippen molar-refractivity contribution in [3.05, 3.63) is 39.0 Å². The number of hydrogen-bond donors (Lipinski definition) is 2. The first-order valence-electron chi connectivity index (χ1n) is 5.11. The van der Waals surface area contributed by atoms with Gasteiger partial charge in [0.05, 0.1) is 16.2 Å². The number of nitrogens with two attached hydrogens (primary N) is 1. The maximum atomic E-state index is 11.9. The Morgan fingerprint density at radius 1 is 1.58 bits per heavy atom. The number of thiazole rings is 1. The molecule has 0 fully saturated rings. The monoisotopic (exact) mass is 279 g/mol. The van der Waals surface area contributed by atoms with Crippen LogP contribution < -0.4 is 11.1 Å². The number of nitrogens with zero attached hydrogens (tertiary/aromatic N) is 3. The molecule has 3 N–H and O–H groups in total. The Morgan fingerprint density at radius 3 is 2.89 bits per heavy atom. The molecule has 98 valence electrons. The van der Waals surface area contributed by atoms with Gasteiger partial charge in [0.15, 0.2) is 5.13 Å². The van der Waals surface area contributed by atoms with Crippen molar-refractivity contribution in [1.82, 2.24) is 9.97 Å². The molecule has 9 heteroatoms. The number of hydrogen-bond acceptors (Lipinski definition) is 7. The van der Waals surface area contributed by atoms with Gasteiger partial charge in [-0.15, -0.1) is 11.3 Å². The summed E-state index contributed by atoms with van der Waals surface area (Å²) in [5, 5.41) is 15.3. The molecule has 0 saturated carbocycles. The van der Waals surface area contributed by atoms with Crippen LogP contribution >= 0.6 is 11.3 Å². The average molecular weight is 279 g/mol. The summed E-state index contributed by atoms with van der Waals surface area (Å²) >= 11 is 1.25. The van der Waals surface area contributed by atoms with Crippen molar-refractivity contribution in [3.63, 3.8) is 0 Å². The van der Waals surface area contributed by atoms with Gasteiger partial charge >= 0.3 is 0 Å². The molecule has 0 radical (unpaired) electrons. The normalized spacial score (nSPS) is 10.2. The predicted octanol–water partition coefficient (Wildman–Crippen LogP) is 1.59. The van der Waals surface area contributed by atoms with Gasteiger partial charge in [0.2, 0.25) is 0 Å². The van der Waals surface area contributed by atoms with Crippen LogP contribution in [-0.4, -0.2) is 20.8 Å². The summed E-state index contributed by atoms with van der Waals surface area (Å²) in [6.07, 6.45) is 1.000. The Balaban J connectivity index is 2.27. The summed E-state index contributed by atoms with van der Waals surface area (Å²) in [6, 6.07) is 1.08. The van der Waals surface area contributed by atoms with E-state index in [4.69, 9.17) is 5.73 Å². The molecule has 0 atom stereocenters. The summed E-state index contributed by atoms with van der Waals surface area (Å²) in [5.74, 6) is -0.653. The second-order valence-electron chi connectivity index (χ2n) is 3.63. The molecular weight excluding hydrogens is 270 g/mol. The van der Waals surface area contributed by atoms with Gasteiger partial charge in [-0.3, -0.25) is 20.2 Å². The fraction of sp³-hybridized carbons (Fsp3) is 0.100. The van der Waals surface area contributed by atoms with Crippen LogP contribution in [-0.2, 0) is 0 Å². The zero-order chi connectivity index (χ0) is 14.0. The number of amides is 1. The van der Waals surface area contributed by atoms with E-state index in [1.807, 2.05) is 0 Å². The van der Waals surface area contributed by atoms with Crippen molar-refractivity contribution >= 4 is 33.9 Å². The minimum Gasteiger partial charge on any atom is -0.383 e. The van der Waals surface area contributed by atoms with Crippen molar-refractivity contribution in [2.45, 2.75) is 6.92 Å². The molecule has 0 aliphatic carbocycles. The number of anilines is 2. The highest BCUT2D eigenvalue weighted by Crippen LogP contribution is 2.20. The fourth-order valence-electron chi connectivity index (χ4n) is 1.32. The second kappa shape index (κ2) is 4.98. The van der Waals surface area contributed by atoms with Crippen molar-refractivity contribution in [3.8, 4) is 0 Å². The highest BCUT2D eigenvalue weighted by Gasteiger charge is 2.17. The summed E-state index contributed by atoms with van der Waals surface area (Å²) in [4.78, 5) is 29.6. The van der Waals surface area contributed by atoms with E-state index in [9.17, 15) is 14.9 Å². The lowest BCUT2D eigenvalue weighted by Gasteiger charge is -2.04. The molecule has 0 saturated heterocycles. The third kappa shape index (κ3) is 2.83. The smallest absolute Gasteiger partial charge is 0.288 e. The van der Waals surface area contributed by atoms with E-state index in [1.165, 1.54) is 11.3 Å². The van der Waals surface area contributed by atoms with Crippen molar-refractivity contribution in [2.75, 3.05) is 11.1 Å². The Kier molecular flexibility index (Phi) is 3.38. The van der Waals surface area contributed by atoms with Crippen LogP contribution in [0.25, 0.3) is 0 Å². The van der Waals surface area contributed by atoms with E-state index in [2.05, 4.69) is 15.3 Å². The van der Waals surface area contributed by atoms with Crippen LogP contribution in [0.2, 0.25) is 0 Å². The molecule has 8 nitrogen and oxygen atoms in total. The number of nitro groups is 1. The molecule has 2 heterocycles. The maximum Gasteiger partial charge on any atom is 0.288 e. The van der Waals surface area contributed by atoms with Gasteiger partial charge in [-0.2, -0.15) is 0 Å². The minimum atomic E-state index is -0.642. The number of nitrogen functional groups attached to an aromatic ring is 1. The van der Waals surface area contributed by atoms with Gasteiger partial charge in [-0.1, -0.05) is 0 Å². The largest absolute Gasteiger partial charge is 0.383 e. The third-order valence-electron chi connectivity index (χ3n) is 2.20. The molecule has 0 unspecified atom stereocenters. The molecule has 0 aromatic carbocycles. The number of carbonyl (C=O) groups is 1. The second-order valence-corrected chi connectivity index (χ2v) is 4.49. The lowest BCUT2D eigenvalue weighted by molar-refractivity contribution is -0.385. The molecule has 0 spiro atoms. The molecule has 2 aromatic rings. The van der Waals surface area contributed by atoms with E-state index in [1.54, 1.807) is 12.3 Å². The van der Waals surface area contributed by atoms with Gasteiger partial charge in [0.1, 0.15) is 12.0 Å². The van der Waals surface area contributed by atoms with Crippen LogP contribution in [0.5, 0.6) is 0 Å². The topological polar surface area (TPSA) is 124 Å². The zero-order valence-electron chi connectivity index (χ0n) is 9.78. The third-order valence-corrected chi connectivity index (χ3v) is 3.07. The Hall–Kier alpha value is -2.55. The lowest BCUT2D eigenvalue weighted by atomic mass is 10.2. The molecule has 0 aliphatic rings.